The quantitative estimate of drug-likeness (QED) is 0.513. The summed E-state index contributed by atoms with van der Waals surface area (Å²) in [5, 5.41) is 6.79. The van der Waals surface area contributed by atoms with Crippen LogP contribution in [0, 0.1) is 0 Å². The van der Waals surface area contributed by atoms with E-state index in [1.165, 1.54) is 0 Å². The normalized spacial score (nSPS) is 16.8. The van der Waals surface area contributed by atoms with Crippen molar-refractivity contribution < 1.29 is 13.9 Å². The van der Waals surface area contributed by atoms with Crippen LogP contribution in [0.5, 0.6) is 0 Å². The van der Waals surface area contributed by atoms with Crippen LogP contribution >= 0.6 is 0 Å². The van der Waals surface area contributed by atoms with E-state index in [0.717, 1.165) is 64.1 Å². The molecule has 0 radical (unpaired) electrons. The first-order valence-electron chi connectivity index (χ1n) is 8.99. The SMILES string of the molecule is COC(C)(C)CN=C(NCCc1ccco1)NCCN1CCOCC1. The van der Waals surface area contributed by atoms with Crippen molar-refractivity contribution in [1.29, 1.82) is 0 Å². The molecular weight excluding hydrogens is 320 g/mol. The largest absolute Gasteiger partial charge is 0.469 e. The highest BCUT2D eigenvalue weighted by molar-refractivity contribution is 5.79. The van der Waals surface area contributed by atoms with Gasteiger partial charge in [0.15, 0.2) is 5.96 Å². The molecule has 0 amide bonds. The first-order chi connectivity index (χ1) is 12.1. The lowest BCUT2D eigenvalue weighted by Crippen LogP contribution is -2.45. The van der Waals surface area contributed by atoms with Crippen molar-refractivity contribution in [3.63, 3.8) is 0 Å². The highest BCUT2D eigenvalue weighted by atomic mass is 16.5. The maximum absolute atomic E-state index is 5.45. The first kappa shape index (κ1) is 19.8. The molecule has 7 heteroatoms. The van der Waals surface area contributed by atoms with Crippen molar-refractivity contribution in [2.45, 2.75) is 25.9 Å². The molecule has 1 fully saturated rings. The van der Waals surface area contributed by atoms with Gasteiger partial charge in [0.05, 0.1) is 31.6 Å². The van der Waals surface area contributed by atoms with Gasteiger partial charge in [-0.3, -0.25) is 9.89 Å². The van der Waals surface area contributed by atoms with Gasteiger partial charge in [0.2, 0.25) is 0 Å². The zero-order valence-corrected chi connectivity index (χ0v) is 15.7. The third kappa shape index (κ3) is 7.90. The maximum Gasteiger partial charge on any atom is 0.191 e. The van der Waals surface area contributed by atoms with Crippen molar-refractivity contribution in [2.75, 3.05) is 59.6 Å². The highest BCUT2D eigenvalue weighted by Crippen LogP contribution is 2.07. The molecule has 1 aromatic heterocycles. The fourth-order valence-corrected chi connectivity index (χ4v) is 2.42. The summed E-state index contributed by atoms with van der Waals surface area (Å²) < 4.78 is 16.2. The Bertz CT molecular complexity index is 496. The number of hydrogen-bond acceptors (Lipinski definition) is 5. The van der Waals surface area contributed by atoms with Crippen LogP contribution in [0.15, 0.2) is 27.8 Å². The molecule has 0 unspecified atom stereocenters. The average Bonchev–Trinajstić information content (AvgIpc) is 3.13. The van der Waals surface area contributed by atoms with Gasteiger partial charge >= 0.3 is 0 Å². The third-order valence-corrected chi connectivity index (χ3v) is 4.24. The molecule has 0 spiro atoms. The molecule has 1 aliphatic heterocycles. The second kappa shape index (κ2) is 10.4. The van der Waals surface area contributed by atoms with E-state index in [1.807, 2.05) is 26.0 Å². The van der Waals surface area contributed by atoms with E-state index in [9.17, 15) is 0 Å². The number of rotatable bonds is 9. The maximum atomic E-state index is 5.45. The second-order valence-electron chi connectivity index (χ2n) is 6.77. The molecule has 2 N–H and O–H groups in total. The van der Waals surface area contributed by atoms with E-state index in [0.29, 0.717) is 6.54 Å². The number of hydrogen-bond donors (Lipinski definition) is 2. The van der Waals surface area contributed by atoms with Crippen LogP contribution in [0.3, 0.4) is 0 Å². The van der Waals surface area contributed by atoms with E-state index < -0.39 is 0 Å². The van der Waals surface area contributed by atoms with E-state index >= 15 is 0 Å². The van der Waals surface area contributed by atoms with Gasteiger partial charge < -0.3 is 24.5 Å². The summed E-state index contributed by atoms with van der Waals surface area (Å²) in [6, 6.07) is 3.89. The number of nitrogens with zero attached hydrogens (tertiary/aromatic N) is 2. The Kier molecular flexibility index (Phi) is 8.24. The van der Waals surface area contributed by atoms with Crippen molar-refractivity contribution in [1.82, 2.24) is 15.5 Å². The molecule has 142 valence electrons. The summed E-state index contributed by atoms with van der Waals surface area (Å²) in [6.45, 7) is 10.9. The van der Waals surface area contributed by atoms with E-state index in [4.69, 9.17) is 13.9 Å². The summed E-state index contributed by atoms with van der Waals surface area (Å²) in [5.74, 6) is 1.78. The molecular formula is C18H32N4O3. The molecule has 0 bridgehead atoms. The Morgan fingerprint density at radius 2 is 2.04 bits per heavy atom. The number of morpholine rings is 1. The van der Waals surface area contributed by atoms with E-state index in [2.05, 4.69) is 20.5 Å². The van der Waals surface area contributed by atoms with Gasteiger partial charge in [0.25, 0.3) is 0 Å². The Labute approximate surface area is 150 Å². The second-order valence-corrected chi connectivity index (χ2v) is 6.77. The predicted octanol–water partition coefficient (Wildman–Crippen LogP) is 1.11. The van der Waals surface area contributed by atoms with Crippen LogP contribution < -0.4 is 10.6 Å². The minimum atomic E-state index is -0.278. The van der Waals surface area contributed by atoms with Gasteiger partial charge in [0.1, 0.15) is 5.76 Å². The molecule has 1 aromatic rings. The van der Waals surface area contributed by atoms with E-state index in [-0.39, 0.29) is 5.60 Å². The third-order valence-electron chi connectivity index (χ3n) is 4.24. The van der Waals surface area contributed by atoms with Crippen molar-refractivity contribution in [2.24, 2.45) is 4.99 Å². The average molecular weight is 352 g/mol. The number of guanidine groups is 1. The van der Waals surface area contributed by atoms with Gasteiger partial charge in [-0.2, -0.15) is 0 Å². The molecule has 1 aliphatic rings. The Morgan fingerprint density at radius 3 is 2.72 bits per heavy atom. The Hall–Kier alpha value is -1.57. The van der Waals surface area contributed by atoms with Crippen LogP contribution in [0.4, 0.5) is 0 Å². The minimum absolute atomic E-state index is 0.278. The summed E-state index contributed by atoms with van der Waals surface area (Å²) in [6.07, 6.45) is 2.52. The Balaban J connectivity index is 1.78. The van der Waals surface area contributed by atoms with Crippen molar-refractivity contribution >= 4 is 5.96 Å². The molecule has 25 heavy (non-hydrogen) atoms. The summed E-state index contributed by atoms with van der Waals surface area (Å²) in [4.78, 5) is 7.06. The minimum Gasteiger partial charge on any atom is -0.469 e. The van der Waals surface area contributed by atoms with Crippen LogP contribution in [0.25, 0.3) is 0 Å². The lowest BCUT2D eigenvalue weighted by molar-refractivity contribution is 0.0310. The summed E-state index contributed by atoms with van der Waals surface area (Å²) >= 11 is 0. The molecule has 0 aliphatic carbocycles. The Morgan fingerprint density at radius 1 is 1.28 bits per heavy atom. The topological polar surface area (TPSA) is 71.3 Å². The number of furan rings is 1. The van der Waals surface area contributed by atoms with Gasteiger partial charge in [-0.1, -0.05) is 0 Å². The van der Waals surface area contributed by atoms with Gasteiger partial charge in [-0.15, -0.1) is 0 Å². The summed E-state index contributed by atoms with van der Waals surface area (Å²) in [5.41, 5.74) is -0.278. The number of aliphatic imine (C=N–C) groups is 1. The van der Waals surface area contributed by atoms with E-state index in [1.54, 1.807) is 13.4 Å². The molecule has 1 saturated heterocycles. The predicted molar refractivity (Wildman–Crippen MR) is 99.1 cm³/mol. The number of nitrogens with one attached hydrogen (secondary N) is 2. The van der Waals surface area contributed by atoms with Gasteiger partial charge in [-0.05, 0) is 26.0 Å². The first-order valence-corrected chi connectivity index (χ1v) is 8.99. The van der Waals surface area contributed by atoms with Gasteiger partial charge in [-0.25, -0.2) is 0 Å². The van der Waals surface area contributed by atoms with Crippen LogP contribution in [0.2, 0.25) is 0 Å². The van der Waals surface area contributed by atoms with Crippen LogP contribution in [-0.2, 0) is 15.9 Å². The van der Waals surface area contributed by atoms with Gasteiger partial charge in [0, 0.05) is 46.3 Å². The molecule has 0 aromatic carbocycles. The lowest BCUT2D eigenvalue weighted by atomic mass is 10.1. The zero-order valence-electron chi connectivity index (χ0n) is 15.7. The lowest BCUT2D eigenvalue weighted by Gasteiger charge is -2.27. The van der Waals surface area contributed by atoms with Crippen LogP contribution in [-0.4, -0.2) is 76.1 Å². The molecule has 0 saturated carbocycles. The van der Waals surface area contributed by atoms with Crippen molar-refractivity contribution in [3.05, 3.63) is 24.2 Å². The van der Waals surface area contributed by atoms with Crippen LogP contribution in [0.1, 0.15) is 19.6 Å². The molecule has 2 rings (SSSR count). The number of methoxy groups -OCH3 is 1. The molecule has 7 nitrogen and oxygen atoms in total. The fourth-order valence-electron chi connectivity index (χ4n) is 2.42. The van der Waals surface area contributed by atoms with Crippen molar-refractivity contribution in [3.8, 4) is 0 Å². The fraction of sp³-hybridized carbons (Fsp3) is 0.722. The standard InChI is InChI=1S/C18H32N4O3/c1-18(2,23-3)15-21-17(19-7-6-16-5-4-12-25-16)20-8-9-22-10-13-24-14-11-22/h4-5,12H,6-11,13-15H2,1-3H3,(H2,19,20,21). The molecule has 2 heterocycles. The zero-order chi connectivity index (χ0) is 18.0. The highest BCUT2D eigenvalue weighted by Gasteiger charge is 2.16. The summed E-state index contributed by atoms with van der Waals surface area (Å²) in [7, 11) is 1.71. The number of ether oxygens (including phenoxy) is 2. The smallest absolute Gasteiger partial charge is 0.191 e. The monoisotopic (exact) mass is 352 g/mol. The molecule has 0 atom stereocenters.